The highest BCUT2D eigenvalue weighted by molar-refractivity contribution is 6.30. The van der Waals surface area contributed by atoms with Gasteiger partial charge in [0.15, 0.2) is 5.65 Å². The summed E-state index contributed by atoms with van der Waals surface area (Å²) in [6, 6.07) is 7.48. The second-order valence-electron chi connectivity index (χ2n) is 6.95. The molecular weight excluding hydrogens is 338 g/mol. The van der Waals surface area contributed by atoms with Crippen molar-refractivity contribution < 1.29 is 4.79 Å². The van der Waals surface area contributed by atoms with Crippen molar-refractivity contribution in [2.45, 2.75) is 24.7 Å². The van der Waals surface area contributed by atoms with Crippen molar-refractivity contribution in [3.63, 3.8) is 0 Å². The van der Waals surface area contributed by atoms with Gasteiger partial charge in [-0.15, -0.1) is 5.10 Å². The molecule has 0 aromatic carbocycles. The van der Waals surface area contributed by atoms with Gasteiger partial charge in [-0.05, 0) is 42.9 Å². The predicted octanol–water partition coefficient (Wildman–Crippen LogP) is 3.08. The third-order valence-corrected chi connectivity index (χ3v) is 5.94. The normalized spacial score (nSPS) is 27.2. The Kier molecular flexibility index (Phi) is 3.12. The molecule has 6 rings (SSSR count). The van der Waals surface area contributed by atoms with E-state index in [2.05, 4.69) is 26.4 Å². The molecule has 3 saturated carbocycles. The molecule has 126 valence electrons. The molecule has 1 amide bonds. The zero-order chi connectivity index (χ0) is 17.0. The van der Waals surface area contributed by atoms with Crippen LogP contribution in [0, 0.1) is 11.8 Å². The van der Waals surface area contributed by atoms with Gasteiger partial charge in [0.25, 0.3) is 0 Å². The molecule has 3 aliphatic carbocycles. The maximum atomic E-state index is 12.9. The monoisotopic (exact) mass is 353 g/mol. The number of hydrogen-bond acceptors (Lipinski definition) is 4. The van der Waals surface area contributed by atoms with Crippen LogP contribution < -0.4 is 5.32 Å². The fourth-order valence-electron chi connectivity index (χ4n) is 4.63. The van der Waals surface area contributed by atoms with Crippen LogP contribution in [0.5, 0.6) is 0 Å². The number of rotatable bonds is 3. The molecule has 3 unspecified atom stereocenters. The highest BCUT2D eigenvalue weighted by atomic mass is 35.5. The van der Waals surface area contributed by atoms with Crippen molar-refractivity contribution in [2.75, 3.05) is 5.32 Å². The van der Waals surface area contributed by atoms with Crippen LogP contribution in [0.25, 0.3) is 5.65 Å². The molecule has 25 heavy (non-hydrogen) atoms. The molecule has 7 heteroatoms. The standard InChI is InChI=1S/C18H16ClN5O/c19-13-4-7-24-14(8-13)21-17(23-24)22-16(25)15-11-3-5-18(15,9-11)12-2-1-6-20-10-12/h1-2,4,6-8,10-11,15H,3,5,9H2,(H,22,23,25). The van der Waals surface area contributed by atoms with E-state index in [4.69, 9.17) is 11.6 Å². The summed E-state index contributed by atoms with van der Waals surface area (Å²) < 4.78 is 1.60. The number of nitrogens with zero attached hydrogens (tertiary/aromatic N) is 4. The summed E-state index contributed by atoms with van der Waals surface area (Å²) in [4.78, 5) is 21.5. The number of nitrogens with one attached hydrogen (secondary N) is 1. The summed E-state index contributed by atoms with van der Waals surface area (Å²) in [5.41, 5.74) is 1.70. The number of amides is 1. The van der Waals surface area contributed by atoms with Crippen molar-refractivity contribution in [2.24, 2.45) is 11.8 Å². The van der Waals surface area contributed by atoms with Gasteiger partial charge in [-0.25, -0.2) is 4.52 Å². The van der Waals surface area contributed by atoms with Crippen LogP contribution in [0.3, 0.4) is 0 Å². The highest BCUT2D eigenvalue weighted by Crippen LogP contribution is 2.64. The van der Waals surface area contributed by atoms with Gasteiger partial charge < -0.3 is 0 Å². The first-order valence-electron chi connectivity index (χ1n) is 8.39. The minimum atomic E-state index is -0.0779. The molecule has 3 heterocycles. The molecule has 0 spiro atoms. The number of carbonyl (C=O) groups excluding carboxylic acids is 1. The number of fused-ring (bicyclic) bond motifs is 2. The summed E-state index contributed by atoms with van der Waals surface area (Å²) in [7, 11) is 0. The third kappa shape index (κ3) is 2.17. The van der Waals surface area contributed by atoms with Crippen molar-refractivity contribution in [1.82, 2.24) is 19.6 Å². The molecule has 3 aromatic rings. The zero-order valence-corrected chi connectivity index (χ0v) is 14.1. The Balaban J connectivity index is 1.42. The predicted molar refractivity (Wildman–Crippen MR) is 93.4 cm³/mol. The smallest absolute Gasteiger partial charge is 0.249 e. The zero-order valence-electron chi connectivity index (χ0n) is 13.4. The maximum absolute atomic E-state index is 12.9. The molecule has 3 aliphatic rings. The molecule has 3 atom stereocenters. The average Bonchev–Trinajstić information content (AvgIpc) is 3.28. The second-order valence-corrected chi connectivity index (χ2v) is 7.39. The number of pyridine rings is 2. The number of carbonyl (C=O) groups is 1. The van der Waals surface area contributed by atoms with Crippen LogP contribution in [0.1, 0.15) is 24.8 Å². The van der Waals surface area contributed by atoms with E-state index >= 15 is 0 Å². The lowest BCUT2D eigenvalue weighted by Crippen LogP contribution is -2.50. The lowest BCUT2D eigenvalue weighted by molar-refractivity contribution is -0.127. The first kappa shape index (κ1) is 14.8. The van der Waals surface area contributed by atoms with Crippen molar-refractivity contribution in [3.8, 4) is 0 Å². The van der Waals surface area contributed by atoms with Gasteiger partial charge in [-0.2, -0.15) is 4.98 Å². The summed E-state index contributed by atoms with van der Waals surface area (Å²) in [6.45, 7) is 0. The lowest BCUT2D eigenvalue weighted by Gasteiger charge is -2.46. The van der Waals surface area contributed by atoms with Crippen LogP contribution in [-0.2, 0) is 10.2 Å². The number of aromatic nitrogens is 4. The summed E-state index contributed by atoms with van der Waals surface area (Å²) in [6.07, 6.45) is 8.57. The van der Waals surface area contributed by atoms with Crippen LogP contribution in [0.4, 0.5) is 5.95 Å². The molecule has 0 aliphatic heterocycles. The molecule has 0 radical (unpaired) electrons. The second kappa shape index (κ2) is 5.26. The molecule has 2 bridgehead atoms. The molecule has 0 saturated heterocycles. The summed E-state index contributed by atoms with van der Waals surface area (Å²) in [5.74, 6) is 0.720. The molecule has 1 N–H and O–H groups in total. The minimum Gasteiger partial charge on any atom is -0.293 e. The van der Waals surface area contributed by atoms with Crippen molar-refractivity contribution in [1.29, 1.82) is 0 Å². The SMILES string of the molecule is O=C(Nc1nc2cc(Cl)ccn2n1)C1C2CCC1(c1cccnc1)C2. The van der Waals surface area contributed by atoms with Gasteiger partial charge in [0.2, 0.25) is 11.9 Å². The topological polar surface area (TPSA) is 72.2 Å². The van der Waals surface area contributed by atoms with Crippen molar-refractivity contribution >= 4 is 29.1 Å². The first-order chi connectivity index (χ1) is 12.2. The quantitative estimate of drug-likeness (QED) is 0.785. The van der Waals surface area contributed by atoms with Gasteiger partial charge in [0, 0.05) is 35.1 Å². The van der Waals surface area contributed by atoms with Gasteiger partial charge in [0.05, 0.1) is 5.92 Å². The number of anilines is 1. The van der Waals surface area contributed by atoms with Crippen LogP contribution >= 0.6 is 11.6 Å². The Morgan fingerprint density at radius 1 is 1.40 bits per heavy atom. The maximum Gasteiger partial charge on any atom is 0.249 e. The first-order valence-corrected chi connectivity index (χ1v) is 8.77. The van der Waals surface area contributed by atoms with Crippen molar-refractivity contribution in [3.05, 3.63) is 53.4 Å². The van der Waals surface area contributed by atoms with E-state index in [-0.39, 0.29) is 17.2 Å². The van der Waals surface area contributed by atoms with E-state index in [0.717, 1.165) is 19.3 Å². The van der Waals surface area contributed by atoms with Gasteiger partial charge in [0.1, 0.15) is 0 Å². The van der Waals surface area contributed by atoms with Crippen LogP contribution in [0.2, 0.25) is 5.02 Å². The van der Waals surface area contributed by atoms with E-state index in [0.29, 0.717) is 22.5 Å². The number of hydrogen-bond donors (Lipinski definition) is 1. The van der Waals surface area contributed by atoms with E-state index in [1.54, 1.807) is 29.0 Å². The van der Waals surface area contributed by atoms with Gasteiger partial charge >= 0.3 is 0 Å². The fourth-order valence-corrected chi connectivity index (χ4v) is 4.79. The highest BCUT2D eigenvalue weighted by Gasteiger charge is 2.62. The number of halogens is 1. The molecular formula is C18H16ClN5O. The minimum absolute atomic E-state index is 0.000365. The average molecular weight is 354 g/mol. The molecule has 6 nitrogen and oxygen atoms in total. The summed E-state index contributed by atoms with van der Waals surface area (Å²) in [5, 5.41) is 7.79. The Morgan fingerprint density at radius 3 is 3.12 bits per heavy atom. The Labute approximate surface area is 149 Å². The van der Waals surface area contributed by atoms with E-state index in [1.807, 2.05) is 12.3 Å². The largest absolute Gasteiger partial charge is 0.293 e. The fraction of sp³-hybridized carbons (Fsp3) is 0.333. The Hall–Kier alpha value is -2.47. The molecule has 3 aromatic heterocycles. The molecule has 3 fully saturated rings. The van der Waals surface area contributed by atoms with Crippen LogP contribution in [-0.4, -0.2) is 25.5 Å². The van der Waals surface area contributed by atoms with Gasteiger partial charge in [-0.3, -0.25) is 15.1 Å². The summed E-state index contributed by atoms with van der Waals surface area (Å²) >= 11 is 5.97. The lowest BCUT2D eigenvalue weighted by atomic mass is 9.57. The Morgan fingerprint density at radius 2 is 2.32 bits per heavy atom. The van der Waals surface area contributed by atoms with E-state index in [1.165, 1.54) is 5.56 Å². The van der Waals surface area contributed by atoms with E-state index in [9.17, 15) is 4.79 Å². The third-order valence-electron chi connectivity index (χ3n) is 5.71. The van der Waals surface area contributed by atoms with Crippen LogP contribution in [0.15, 0.2) is 42.9 Å². The van der Waals surface area contributed by atoms with Gasteiger partial charge in [-0.1, -0.05) is 17.7 Å². The van der Waals surface area contributed by atoms with E-state index < -0.39 is 0 Å². The Bertz CT molecular complexity index is 968.